The molecular weight excluding hydrogens is 797 g/mol. The number of para-hydroxylation sites is 4. The van der Waals surface area contributed by atoms with E-state index in [0.29, 0.717) is 0 Å². The van der Waals surface area contributed by atoms with Crippen LogP contribution in [0.15, 0.2) is 147 Å². The molecule has 1 aliphatic rings. The predicted molar refractivity (Wildman–Crippen MR) is 249 cm³/mol. The van der Waals surface area contributed by atoms with Gasteiger partial charge in [0.05, 0.1) is 30.5 Å². The number of fused-ring (bicyclic) bond motifs is 8. The van der Waals surface area contributed by atoms with Crippen LogP contribution in [0.4, 0.5) is 0 Å². The summed E-state index contributed by atoms with van der Waals surface area (Å²) >= 11 is 3.69. The van der Waals surface area contributed by atoms with Gasteiger partial charge in [0.25, 0.3) is 0 Å². The molecule has 0 unspecified atom stereocenters. The third-order valence-corrected chi connectivity index (χ3v) is 13.5. The summed E-state index contributed by atoms with van der Waals surface area (Å²) in [6.07, 6.45) is 2.56. The maximum atomic E-state index is 6.30. The highest BCUT2D eigenvalue weighted by Crippen LogP contribution is 2.39. The number of pyridine rings is 2. The van der Waals surface area contributed by atoms with E-state index < -0.39 is 8.07 Å². The monoisotopic (exact) mass is 840 g/mol. The number of ether oxygens (including phenoxy) is 1. The number of nitrogens with zero attached hydrogens (tertiary/aromatic N) is 2. The summed E-state index contributed by atoms with van der Waals surface area (Å²) in [5.41, 5.74) is 12.1. The maximum absolute atomic E-state index is 6.30. The van der Waals surface area contributed by atoms with Gasteiger partial charge in [0, 0.05) is 55.7 Å². The number of aromatic nitrogens is 2. The fourth-order valence-electron chi connectivity index (χ4n) is 8.04. The molecule has 1 saturated heterocycles. The van der Waals surface area contributed by atoms with Crippen LogP contribution in [0.1, 0.15) is 24.0 Å². The van der Waals surface area contributed by atoms with Crippen LogP contribution < -0.4 is 5.19 Å². The van der Waals surface area contributed by atoms with Gasteiger partial charge in [-0.25, -0.2) is 9.97 Å². The lowest BCUT2D eigenvalue weighted by molar-refractivity contribution is 0.198. The summed E-state index contributed by atoms with van der Waals surface area (Å²) in [5.74, 6) is 0. The van der Waals surface area contributed by atoms with Crippen molar-refractivity contribution >= 4 is 94.9 Å². The highest BCUT2D eigenvalue weighted by Gasteiger charge is 2.23. The number of aryl methyl sites for hydroxylation is 2. The molecule has 1 aliphatic heterocycles. The molecule has 0 amide bonds. The topological polar surface area (TPSA) is 61.3 Å². The Morgan fingerprint density at radius 1 is 0.500 bits per heavy atom. The van der Waals surface area contributed by atoms with Crippen LogP contribution in [0.2, 0.25) is 19.6 Å². The van der Waals surface area contributed by atoms with E-state index in [1.165, 1.54) is 34.5 Å². The Labute approximate surface area is 347 Å². The van der Waals surface area contributed by atoms with Crippen LogP contribution in [0, 0.1) is 13.8 Å². The minimum atomic E-state index is -1.55. The maximum Gasteiger partial charge on any atom is 0.144 e. The first-order chi connectivity index (χ1) is 28.1. The van der Waals surface area contributed by atoms with Crippen LogP contribution in [0.3, 0.4) is 0 Å². The molecule has 1 fully saturated rings. The zero-order chi connectivity index (χ0) is 40.0. The Balaban J connectivity index is 0.000000135. The molecule has 288 valence electrons. The average Bonchev–Trinajstić information content (AvgIpc) is 4.01. The van der Waals surface area contributed by atoms with E-state index in [0.717, 1.165) is 100 Å². The fourth-order valence-corrected chi connectivity index (χ4v) is 10.2. The highest BCUT2D eigenvalue weighted by atomic mass is 79.9. The van der Waals surface area contributed by atoms with Crippen LogP contribution in [-0.2, 0) is 4.74 Å². The molecule has 58 heavy (non-hydrogen) atoms. The van der Waals surface area contributed by atoms with Crippen molar-refractivity contribution in [1.29, 1.82) is 0 Å². The van der Waals surface area contributed by atoms with E-state index in [-0.39, 0.29) is 0 Å². The van der Waals surface area contributed by atoms with Crippen molar-refractivity contribution in [2.75, 3.05) is 13.2 Å². The lowest BCUT2D eigenvalue weighted by Gasteiger charge is -2.20. The number of hydrogen-bond donors (Lipinski definition) is 0. The molecule has 0 saturated carbocycles. The molecule has 0 aliphatic carbocycles. The normalized spacial score (nSPS) is 13.0. The first-order valence-electron chi connectivity index (χ1n) is 20.0. The molecule has 5 nitrogen and oxygen atoms in total. The van der Waals surface area contributed by atoms with Crippen LogP contribution in [-0.4, -0.2) is 31.3 Å². The van der Waals surface area contributed by atoms with Gasteiger partial charge in [-0.1, -0.05) is 108 Å². The van der Waals surface area contributed by atoms with Crippen molar-refractivity contribution in [2.24, 2.45) is 0 Å². The van der Waals surface area contributed by atoms with E-state index in [1.54, 1.807) is 0 Å². The summed E-state index contributed by atoms with van der Waals surface area (Å²) in [6.45, 7) is 13.4. The predicted octanol–water partition coefficient (Wildman–Crippen LogP) is 14.3. The van der Waals surface area contributed by atoms with Gasteiger partial charge < -0.3 is 13.6 Å². The first kappa shape index (κ1) is 37.9. The van der Waals surface area contributed by atoms with E-state index in [4.69, 9.17) is 23.5 Å². The van der Waals surface area contributed by atoms with Gasteiger partial charge in [0.1, 0.15) is 22.3 Å². The summed E-state index contributed by atoms with van der Waals surface area (Å²) < 4.78 is 18.5. The molecule has 0 N–H and O–H groups in total. The zero-order valence-electron chi connectivity index (χ0n) is 33.5. The summed E-state index contributed by atoms with van der Waals surface area (Å²) in [7, 11) is -1.55. The first-order valence-corrected chi connectivity index (χ1v) is 24.3. The van der Waals surface area contributed by atoms with E-state index in [9.17, 15) is 0 Å². The number of halogens is 1. The van der Waals surface area contributed by atoms with Crippen LogP contribution in [0.25, 0.3) is 88.2 Å². The Bertz CT molecular complexity index is 3130. The standard InChI is InChI=1S/C25H23NOSi.C22H14BrNO.C4H8O/c1-16-13-19-17-9-6-8-12-23(17)27-25(19)20(14-16)22-15-24(28(2,3)4)18-10-5-7-11-21(18)26-22;1-13-10-16-14-6-3-5-9-21(14)25-22(16)17(11-13)20-12-18(23)15-7-2-4-8-19(15)24-20;1-2-4-5-3-1/h5-15H,1-4H3;2-12H,1H3;1-4H2. The van der Waals surface area contributed by atoms with E-state index in [2.05, 4.69) is 134 Å². The van der Waals surface area contributed by atoms with Gasteiger partial charge in [0.15, 0.2) is 0 Å². The molecule has 6 aromatic carbocycles. The second-order valence-electron chi connectivity index (χ2n) is 16.2. The fraction of sp³-hybridized carbons (Fsp3) is 0.176. The minimum Gasteiger partial charge on any atom is -0.455 e. The zero-order valence-corrected chi connectivity index (χ0v) is 36.1. The van der Waals surface area contributed by atoms with E-state index in [1.807, 2.05) is 48.5 Å². The molecule has 0 atom stereocenters. The second-order valence-corrected chi connectivity index (χ2v) is 22.1. The molecule has 0 radical (unpaired) electrons. The highest BCUT2D eigenvalue weighted by molar-refractivity contribution is 9.10. The number of rotatable bonds is 3. The second kappa shape index (κ2) is 15.6. The van der Waals surface area contributed by atoms with Crippen LogP contribution in [0.5, 0.6) is 0 Å². The molecule has 5 heterocycles. The van der Waals surface area contributed by atoms with Gasteiger partial charge in [-0.15, -0.1) is 0 Å². The van der Waals surface area contributed by atoms with Gasteiger partial charge in [-0.3, -0.25) is 0 Å². The molecule has 0 spiro atoms. The lowest BCUT2D eigenvalue weighted by Crippen LogP contribution is -2.38. The molecular formula is C51H45BrN2O3Si. The quantitative estimate of drug-likeness (QED) is 0.166. The van der Waals surface area contributed by atoms with Crippen molar-refractivity contribution in [3.63, 3.8) is 0 Å². The average molecular weight is 842 g/mol. The summed E-state index contributed by atoms with van der Waals surface area (Å²) in [5, 5.41) is 8.43. The molecule has 7 heteroatoms. The minimum absolute atomic E-state index is 0.890. The summed E-state index contributed by atoms with van der Waals surface area (Å²) in [4.78, 5) is 9.92. The Morgan fingerprint density at radius 2 is 0.948 bits per heavy atom. The molecule has 4 aromatic heterocycles. The van der Waals surface area contributed by atoms with Gasteiger partial charge in [-0.05, 0) is 109 Å². The molecule has 11 rings (SSSR count). The van der Waals surface area contributed by atoms with Gasteiger partial charge in [-0.2, -0.15) is 0 Å². The largest absolute Gasteiger partial charge is 0.455 e. The number of benzene rings is 6. The SMILES string of the molecule is C1CCOC1.Cc1cc(-c2cc(Br)c3ccccc3n2)c2oc3ccccc3c2c1.Cc1cc(-c2cc([Si](C)(C)C)c3ccccc3n2)c2oc3ccccc3c2c1. The van der Waals surface area contributed by atoms with Crippen molar-refractivity contribution < 1.29 is 13.6 Å². The van der Waals surface area contributed by atoms with Crippen molar-refractivity contribution in [1.82, 2.24) is 9.97 Å². The van der Waals surface area contributed by atoms with Crippen molar-refractivity contribution in [3.05, 3.63) is 149 Å². The van der Waals surface area contributed by atoms with Gasteiger partial charge >= 0.3 is 0 Å². The number of hydrogen-bond acceptors (Lipinski definition) is 5. The smallest absolute Gasteiger partial charge is 0.144 e. The summed E-state index contributed by atoms with van der Waals surface area (Å²) in [6, 6.07) is 46.2. The number of furan rings is 2. The molecule has 10 aromatic rings. The van der Waals surface area contributed by atoms with Crippen LogP contribution >= 0.6 is 15.9 Å². The molecule has 0 bridgehead atoms. The third kappa shape index (κ3) is 7.34. The van der Waals surface area contributed by atoms with Crippen molar-refractivity contribution in [3.8, 4) is 22.5 Å². The Kier molecular flexibility index (Phi) is 10.2. The third-order valence-electron chi connectivity index (χ3n) is 10.8. The Morgan fingerprint density at radius 3 is 1.45 bits per heavy atom. The van der Waals surface area contributed by atoms with E-state index >= 15 is 0 Å². The lowest BCUT2D eigenvalue weighted by atomic mass is 10.0. The van der Waals surface area contributed by atoms with Crippen molar-refractivity contribution in [2.45, 2.75) is 46.3 Å². The van der Waals surface area contributed by atoms with Gasteiger partial charge in [0.2, 0.25) is 0 Å². The Hall–Kier alpha value is -5.60.